The number of benzene rings is 1. The highest BCUT2D eigenvalue weighted by Gasteiger charge is 2.20. The van der Waals surface area contributed by atoms with Crippen LogP contribution in [0.2, 0.25) is 0 Å². The summed E-state index contributed by atoms with van der Waals surface area (Å²) in [6.07, 6.45) is 6.56. The molecular formula is C17H16FN5O2. The smallest absolute Gasteiger partial charge is 0.261 e. The molecule has 2 aromatic heterocycles. The van der Waals surface area contributed by atoms with E-state index in [2.05, 4.69) is 15.3 Å². The number of imidazole rings is 1. The van der Waals surface area contributed by atoms with Crippen molar-refractivity contribution in [1.82, 2.24) is 24.4 Å². The van der Waals surface area contributed by atoms with Crippen LogP contribution in [0.15, 0.2) is 41.7 Å². The second-order valence-corrected chi connectivity index (χ2v) is 6.14. The Hall–Kier alpha value is -3.03. The van der Waals surface area contributed by atoms with E-state index < -0.39 is 11.4 Å². The highest BCUT2D eigenvalue weighted by atomic mass is 19.1. The predicted octanol–water partition coefficient (Wildman–Crippen LogP) is 0.863. The molecule has 7 nitrogen and oxygen atoms in total. The Morgan fingerprint density at radius 1 is 1.36 bits per heavy atom. The third-order valence-electron chi connectivity index (χ3n) is 4.40. The molecule has 4 rings (SSSR count). The topological polar surface area (TPSA) is 81.8 Å². The van der Waals surface area contributed by atoms with Gasteiger partial charge in [-0.2, -0.15) is 0 Å². The second-order valence-electron chi connectivity index (χ2n) is 6.14. The molecular weight excluding hydrogens is 325 g/mol. The van der Waals surface area contributed by atoms with E-state index in [-0.39, 0.29) is 23.9 Å². The summed E-state index contributed by atoms with van der Waals surface area (Å²) in [6, 6.07) is 3.83. The van der Waals surface area contributed by atoms with E-state index >= 15 is 0 Å². The fourth-order valence-corrected chi connectivity index (χ4v) is 3.16. The highest BCUT2D eigenvalue weighted by Crippen LogP contribution is 2.13. The first-order valence-electron chi connectivity index (χ1n) is 8.04. The van der Waals surface area contributed by atoms with Crippen LogP contribution in [0.4, 0.5) is 4.39 Å². The van der Waals surface area contributed by atoms with E-state index in [0.29, 0.717) is 12.1 Å². The van der Waals surface area contributed by atoms with Gasteiger partial charge in [-0.05, 0) is 24.6 Å². The summed E-state index contributed by atoms with van der Waals surface area (Å²) >= 11 is 0. The number of aryl methyl sites for hydroxylation is 1. The zero-order chi connectivity index (χ0) is 17.4. The van der Waals surface area contributed by atoms with Gasteiger partial charge in [0.05, 0.1) is 17.2 Å². The molecule has 8 heteroatoms. The van der Waals surface area contributed by atoms with Crippen molar-refractivity contribution in [2.24, 2.45) is 0 Å². The molecule has 3 aromatic rings. The number of hydrogen-bond donors (Lipinski definition) is 1. The summed E-state index contributed by atoms with van der Waals surface area (Å²) in [7, 11) is 0. The van der Waals surface area contributed by atoms with Crippen molar-refractivity contribution in [3.63, 3.8) is 0 Å². The number of carbonyl (C=O) groups excluding carboxylic acids is 1. The van der Waals surface area contributed by atoms with Gasteiger partial charge in [0.15, 0.2) is 0 Å². The van der Waals surface area contributed by atoms with Crippen LogP contribution >= 0.6 is 0 Å². The minimum Gasteiger partial charge on any atom is -0.350 e. The maximum Gasteiger partial charge on any atom is 0.261 e. The lowest BCUT2D eigenvalue weighted by atomic mass is 10.1. The number of rotatable bonds is 3. The van der Waals surface area contributed by atoms with Crippen LogP contribution in [0, 0.1) is 5.82 Å². The van der Waals surface area contributed by atoms with Crippen LogP contribution in [0.5, 0.6) is 0 Å². The molecule has 0 bridgehead atoms. The number of nitrogens with one attached hydrogen (secondary N) is 1. The van der Waals surface area contributed by atoms with Gasteiger partial charge < -0.3 is 9.88 Å². The molecule has 0 radical (unpaired) electrons. The number of fused-ring (bicyclic) bond motifs is 2. The van der Waals surface area contributed by atoms with E-state index in [0.717, 1.165) is 24.7 Å². The molecule has 1 aliphatic rings. The van der Waals surface area contributed by atoms with Gasteiger partial charge in [-0.15, -0.1) is 0 Å². The Kier molecular flexibility index (Phi) is 3.79. The molecule has 0 spiro atoms. The zero-order valence-electron chi connectivity index (χ0n) is 13.4. The molecule has 1 amide bonds. The molecule has 1 aliphatic heterocycles. The van der Waals surface area contributed by atoms with Crippen LogP contribution in [0.3, 0.4) is 0 Å². The van der Waals surface area contributed by atoms with E-state index in [4.69, 9.17) is 0 Å². The lowest BCUT2D eigenvalue weighted by Gasteiger charge is -2.24. The van der Waals surface area contributed by atoms with Crippen LogP contribution in [0.1, 0.15) is 12.2 Å². The molecule has 0 fully saturated rings. The number of nitrogens with zero attached hydrogens (tertiary/aromatic N) is 4. The van der Waals surface area contributed by atoms with Crippen molar-refractivity contribution in [1.29, 1.82) is 0 Å². The van der Waals surface area contributed by atoms with Gasteiger partial charge in [-0.25, -0.2) is 14.4 Å². The van der Waals surface area contributed by atoms with Crippen molar-refractivity contribution in [3.8, 4) is 0 Å². The maximum absolute atomic E-state index is 13.4. The number of amides is 1. The Morgan fingerprint density at radius 2 is 2.24 bits per heavy atom. The van der Waals surface area contributed by atoms with Gasteiger partial charge in [0, 0.05) is 31.4 Å². The Bertz CT molecular complexity index is 1010. The van der Waals surface area contributed by atoms with Crippen LogP contribution in [-0.2, 0) is 24.3 Å². The normalized spacial score (nSPS) is 16.6. The van der Waals surface area contributed by atoms with Gasteiger partial charge in [0.25, 0.3) is 5.56 Å². The second kappa shape index (κ2) is 6.12. The summed E-state index contributed by atoms with van der Waals surface area (Å²) in [6.45, 7) is 0.517. The van der Waals surface area contributed by atoms with Gasteiger partial charge >= 0.3 is 0 Å². The number of halogens is 1. The molecule has 128 valence electrons. The Balaban J connectivity index is 1.49. The molecule has 0 unspecified atom stereocenters. The first-order chi connectivity index (χ1) is 12.1. The first kappa shape index (κ1) is 15.5. The van der Waals surface area contributed by atoms with E-state index in [9.17, 15) is 14.0 Å². The van der Waals surface area contributed by atoms with Crippen molar-refractivity contribution in [3.05, 3.63) is 58.9 Å². The summed E-state index contributed by atoms with van der Waals surface area (Å²) in [5.74, 6) is 0.239. The highest BCUT2D eigenvalue weighted by molar-refractivity contribution is 5.79. The summed E-state index contributed by atoms with van der Waals surface area (Å²) in [4.78, 5) is 33.1. The fourth-order valence-electron chi connectivity index (χ4n) is 3.16. The van der Waals surface area contributed by atoms with Crippen molar-refractivity contribution >= 4 is 16.8 Å². The van der Waals surface area contributed by atoms with Gasteiger partial charge in [-0.3, -0.25) is 14.2 Å². The first-order valence-corrected chi connectivity index (χ1v) is 8.04. The Morgan fingerprint density at radius 3 is 3.12 bits per heavy atom. The van der Waals surface area contributed by atoms with Crippen LogP contribution in [-0.4, -0.2) is 31.1 Å². The predicted molar refractivity (Wildman–Crippen MR) is 88.4 cm³/mol. The van der Waals surface area contributed by atoms with Gasteiger partial charge in [0.1, 0.15) is 18.2 Å². The number of hydrogen-bond acceptors (Lipinski definition) is 4. The maximum atomic E-state index is 13.4. The molecule has 1 aromatic carbocycles. The third-order valence-corrected chi connectivity index (χ3v) is 4.40. The minimum atomic E-state index is -0.507. The third kappa shape index (κ3) is 3.02. The summed E-state index contributed by atoms with van der Waals surface area (Å²) in [5.41, 5.74) is -0.0248. The lowest BCUT2D eigenvalue weighted by molar-refractivity contribution is -0.122. The lowest BCUT2D eigenvalue weighted by Crippen LogP contribution is -2.43. The molecule has 1 atom stereocenters. The van der Waals surface area contributed by atoms with Crippen molar-refractivity contribution in [2.45, 2.75) is 32.0 Å². The molecule has 1 N–H and O–H groups in total. The number of aromatic nitrogens is 4. The average Bonchev–Trinajstić information content (AvgIpc) is 3.05. The zero-order valence-corrected chi connectivity index (χ0v) is 13.4. The molecule has 25 heavy (non-hydrogen) atoms. The number of carbonyl (C=O) groups is 1. The van der Waals surface area contributed by atoms with E-state index in [1.807, 2.05) is 10.8 Å². The van der Waals surface area contributed by atoms with Crippen molar-refractivity contribution in [2.75, 3.05) is 0 Å². The van der Waals surface area contributed by atoms with Gasteiger partial charge in [-0.1, -0.05) is 0 Å². The van der Waals surface area contributed by atoms with Crippen LogP contribution in [0.25, 0.3) is 10.9 Å². The standard InChI is InChI=1S/C17H16FN5O2/c18-11-1-3-14-13(7-11)17(25)23(10-20-14)9-16(24)21-12-2-4-15-19-5-6-22(15)8-12/h1,3,5-7,10,12H,2,4,8-9H2,(H,21,24)/t12-/m0/s1. The van der Waals surface area contributed by atoms with Crippen molar-refractivity contribution < 1.29 is 9.18 Å². The van der Waals surface area contributed by atoms with E-state index in [1.54, 1.807) is 6.20 Å². The van der Waals surface area contributed by atoms with E-state index in [1.165, 1.54) is 23.0 Å². The SMILES string of the molecule is O=C(Cn1cnc2ccc(F)cc2c1=O)N[C@H]1CCc2nccn2C1. The monoisotopic (exact) mass is 341 g/mol. The molecule has 3 heterocycles. The van der Waals surface area contributed by atoms with Gasteiger partial charge in [0.2, 0.25) is 5.91 Å². The van der Waals surface area contributed by atoms with Crippen LogP contribution < -0.4 is 10.9 Å². The minimum absolute atomic E-state index is 0.00392. The average molecular weight is 341 g/mol. The largest absolute Gasteiger partial charge is 0.350 e. The summed E-state index contributed by atoms with van der Waals surface area (Å²) in [5, 5.41) is 3.10. The quantitative estimate of drug-likeness (QED) is 0.766. The summed E-state index contributed by atoms with van der Waals surface area (Å²) < 4.78 is 16.6. The Labute approximate surface area is 142 Å². The molecule has 0 aliphatic carbocycles. The fraction of sp³-hybridized carbons (Fsp3) is 0.294. The molecule has 0 saturated heterocycles. The molecule has 0 saturated carbocycles.